The Morgan fingerprint density at radius 2 is 1.65 bits per heavy atom. The molecule has 9 nitrogen and oxygen atoms in total. The zero-order chi connectivity index (χ0) is 31.8. The zero-order valence-corrected chi connectivity index (χ0v) is 26.3. The molecule has 2 amide bonds. The first kappa shape index (κ1) is 29.8. The molecule has 11 heteroatoms. The molecule has 4 aromatic carbocycles. The normalized spacial score (nSPS) is 14.1. The zero-order valence-electron chi connectivity index (χ0n) is 24.8. The highest BCUT2D eigenvalue weighted by molar-refractivity contribution is 7.98. The van der Waals surface area contributed by atoms with E-state index in [4.69, 9.17) is 21.1 Å². The highest BCUT2D eigenvalue weighted by Crippen LogP contribution is 2.46. The van der Waals surface area contributed by atoms with Gasteiger partial charge in [0.25, 0.3) is 11.8 Å². The number of ether oxygens (including phenoxy) is 2. The van der Waals surface area contributed by atoms with Crippen LogP contribution in [-0.2, 0) is 4.74 Å². The molecule has 0 saturated carbocycles. The Labute approximate surface area is 273 Å². The van der Waals surface area contributed by atoms with E-state index < -0.39 is 6.16 Å². The third-order valence-corrected chi connectivity index (χ3v) is 9.09. The fourth-order valence-electron chi connectivity index (χ4n) is 6.01. The molecule has 1 aliphatic heterocycles. The Kier molecular flexibility index (Phi) is 8.06. The number of para-hydroxylation sites is 1. The van der Waals surface area contributed by atoms with Crippen molar-refractivity contribution in [3.05, 3.63) is 102 Å². The number of benzene rings is 4. The fraction of sp³-hybridized carbons (Fsp3) is 0.171. The van der Waals surface area contributed by atoms with E-state index in [-0.39, 0.29) is 24.3 Å². The van der Waals surface area contributed by atoms with E-state index in [1.165, 1.54) is 0 Å². The second-order valence-corrected chi connectivity index (χ2v) is 12.3. The maximum atomic E-state index is 14.1. The molecule has 232 valence electrons. The van der Waals surface area contributed by atoms with E-state index in [1.807, 2.05) is 73.0 Å². The molecule has 0 saturated heterocycles. The second kappa shape index (κ2) is 12.5. The average molecular weight is 653 g/mol. The third kappa shape index (κ3) is 5.54. The minimum Gasteiger partial charge on any atom is -0.433 e. The van der Waals surface area contributed by atoms with Crippen molar-refractivity contribution in [2.24, 2.45) is 0 Å². The van der Waals surface area contributed by atoms with Gasteiger partial charge < -0.3 is 29.7 Å². The minimum atomic E-state index is -0.799. The topological polar surface area (TPSA) is 117 Å². The number of thioether (sulfide) groups is 1. The number of amides is 2. The number of hydrogen-bond donors (Lipinski definition) is 3. The van der Waals surface area contributed by atoms with E-state index in [1.54, 1.807) is 34.9 Å². The molecule has 6 aromatic rings. The number of aromatic nitrogens is 2. The number of anilines is 2. The molecule has 0 bridgehead atoms. The van der Waals surface area contributed by atoms with Gasteiger partial charge in [0.1, 0.15) is 23.7 Å². The first-order valence-electron chi connectivity index (χ1n) is 14.7. The van der Waals surface area contributed by atoms with Gasteiger partial charge in [-0.05, 0) is 53.6 Å². The Bertz CT molecular complexity index is 2110. The van der Waals surface area contributed by atoms with Crippen molar-refractivity contribution in [2.75, 3.05) is 41.3 Å². The van der Waals surface area contributed by atoms with Crippen molar-refractivity contribution >= 4 is 85.3 Å². The molecule has 0 fully saturated rings. The van der Waals surface area contributed by atoms with Crippen molar-refractivity contribution in [1.29, 1.82) is 0 Å². The highest BCUT2D eigenvalue weighted by Gasteiger charge is 2.36. The molecule has 3 heterocycles. The number of H-pyrrole nitrogens is 2. The molecule has 1 aliphatic rings. The first-order chi connectivity index (χ1) is 22.4. The van der Waals surface area contributed by atoms with Gasteiger partial charge in [0.15, 0.2) is 0 Å². The summed E-state index contributed by atoms with van der Waals surface area (Å²) in [6, 6.07) is 26.0. The predicted molar refractivity (Wildman–Crippen MR) is 184 cm³/mol. The Hall–Kier alpha value is -4.93. The minimum absolute atomic E-state index is 0.121. The number of aromatic amines is 2. The molecule has 2 aromatic heterocycles. The van der Waals surface area contributed by atoms with Crippen LogP contribution in [0.25, 0.3) is 32.6 Å². The summed E-state index contributed by atoms with van der Waals surface area (Å²) in [5.74, 6) is 0.637. The second-order valence-electron chi connectivity index (χ2n) is 11.0. The van der Waals surface area contributed by atoms with Gasteiger partial charge >= 0.3 is 6.16 Å². The van der Waals surface area contributed by atoms with E-state index >= 15 is 0 Å². The number of fused-ring (bicyclic) bond motifs is 5. The van der Waals surface area contributed by atoms with Crippen molar-refractivity contribution in [2.45, 2.75) is 5.92 Å². The molecule has 3 N–H and O–H groups in total. The van der Waals surface area contributed by atoms with Gasteiger partial charge in [-0.3, -0.25) is 9.59 Å². The summed E-state index contributed by atoms with van der Waals surface area (Å²) < 4.78 is 10.9. The van der Waals surface area contributed by atoms with Crippen molar-refractivity contribution in [3.8, 4) is 5.75 Å². The number of rotatable bonds is 8. The van der Waals surface area contributed by atoms with Gasteiger partial charge in [-0.15, -0.1) is 11.6 Å². The highest BCUT2D eigenvalue weighted by atomic mass is 35.5. The molecule has 1 unspecified atom stereocenters. The molecule has 46 heavy (non-hydrogen) atoms. The first-order valence-corrected chi connectivity index (χ1v) is 16.6. The van der Waals surface area contributed by atoms with Crippen molar-refractivity contribution < 1.29 is 23.9 Å². The summed E-state index contributed by atoms with van der Waals surface area (Å²) >= 11 is 8.01. The van der Waals surface area contributed by atoms with Crippen molar-refractivity contribution in [1.82, 2.24) is 9.97 Å². The quantitative estimate of drug-likeness (QED) is 0.0666. The van der Waals surface area contributed by atoms with Crippen LogP contribution in [0.2, 0.25) is 0 Å². The smallest absolute Gasteiger partial charge is 0.433 e. The van der Waals surface area contributed by atoms with E-state index in [0.717, 1.165) is 38.1 Å². The molecule has 0 spiro atoms. The standard InChI is InChI=1S/C35H29ClN4O5S/c1-46-13-12-44-35(43)45-31-17-30-32(25-8-4-3-7-24(25)31)22(18-36)19-40(30)34(42)29-16-21-14-23(10-11-27(21)39-29)37-33(41)28-15-20-6-2-5-9-26(20)38-28/h2-11,14-17,22,38-39H,12-13,18-19H2,1H3,(H,37,41). The molecular formula is C35H29ClN4O5S. The van der Waals surface area contributed by atoms with Crippen LogP contribution in [0, 0.1) is 0 Å². The summed E-state index contributed by atoms with van der Waals surface area (Å²) in [7, 11) is 0. The predicted octanol–water partition coefficient (Wildman–Crippen LogP) is 7.92. The number of alkyl halides is 1. The maximum absolute atomic E-state index is 14.1. The van der Waals surface area contributed by atoms with Gasteiger partial charge in [0, 0.05) is 63.0 Å². The maximum Gasteiger partial charge on any atom is 0.513 e. The van der Waals surface area contributed by atoms with Crippen LogP contribution in [0.5, 0.6) is 5.75 Å². The summed E-state index contributed by atoms with van der Waals surface area (Å²) in [4.78, 5) is 47.6. The monoisotopic (exact) mass is 652 g/mol. The SMILES string of the molecule is CSCCOC(=O)Oc1cc2c(c3ccccc13)C(CCl)CN2C(=O)c1cc2cc(NC(=O)c3cc4ccccc4[nH]3)ccc2[nH]1. The Morgan fingerprint density at radius 1 is 0.913 bits per heavy atom. The van der Waals surface area contributed by atoms with Crippen molar-refractivity contribution in [3.63, 3.8) is 0 Å². The number of carbonyl (C=O) groups is 3. The van der Waals surface area contributed by atoms with Crippen LogP contribution in [0.15, 0.2) is 84.9 Å². The number of nitrogens with zero attached hydrogens (tertiary/aromatic N) is 1. The van der Waals surface area contributed by atoms with Gasteiger partial charge in [0.05, 0.1) is 5.69 Å². The lowest BCUT2D eigenvalue weighted by molar-refractivity contribution is 0.0982. The Morgan fingerprint density at radius 3 is 2.46 bits per heavy atom. The third-order valence-electron chi connectivity index (χ3n) is 8.14. The molecular weight excluding hydrogens is 624 g/mol. The largest absolute Gasteiger partial charge is 0.513 e. The number of hydrogen-bond acceptors (Lipinski definition) is 6. The van der Waals surface area contributed by atoms with Gasteiger partial charge in [0.2, 0.25) is 0 Å². The van der Waals surface area contributed by atoms with Crippen LogP contribution in [0.1, 0.15) is 32.5 Å². The van der Waals surface area contributed by atoms with Crippen LogP contribution in [0.4, 0.5) is 16.2 Å². The average Bonchev–Trinajstić information content (AvgIpc) is 3.79. The molecule has 1 atom stereocenters. The van der Waals surface area contributed by atoms with Gasteiger partial charge in [-0.2, -0.15) is 11.8 Å². The number of halogens is 1. The van der Waals surface area contributed by atoms with Crippen LogP contribution < -0.4 is 15.0 Å². The molecule has 0 radical (unpaired) electrons. The lowest BCUT2D eigenvalue weighted by atomic mass is 9.95. The lowest BCUT2D eigenvalue weighted by Crippen LogP contribution is -2.30. The summed E-state index contributed by atoms with van der Waals surface area (Å²) in [6.07, 6.45) is 1.13. The lowest BCUT2D eigenvalue weighted by Gasteiger charge is -2.18. The fourth-order valence-corrected chi connectivity index (χ4v) is 6.51. The molecule has 0 aliphatic carbocycles. The van der Waals surface area contributed by atoms with Crippen LogP contribution in [-0.4, -0.2) is 59.0 Å². The van der Waals surface area contributed by atoms with Crippen LogP contribution >= 0.6 is 23.4 Å². The van der Waals surface area contributed by atoms with E-state index in [9.17, 15) is 14.4 Å². The van der Waals surface area contributed by atoms with E-state index in [0.29, 0.717) is 46.7 Å². The van der Waals surface area contributed by atoms with E-state index in [2.05, 4.69) is 15.3 Å². The summed E-state index contributed by atoms with van der Waals surface area (Å²) in [5, 5.41) is 6.26. The molecule has 7 rings (SSSR count). The number of nitrogens with one attached hydrogen (secondary N) is 3. The Balaban J connectivity index is 1.17. The van der Waals surface area contributed by atoms with Gasteiger partial charge in [-0.1, -0.05) is 42.5 Å². The van der Waals surface area contributed by atoms with Gasteiger partial charge in [-0.25, -0.2) is 4.79 Å². The van der Waals surface area contributed by atoms with Crippen LogP contribution in [0.3, 0.4) is 0 Å². The summed E-state index contributed by atoms with van der Waals surface area (Å²) in [6.45, 7) is 0.598. The number of carbonyl (C=O) groups excluding carboxylic acids is 3. The summed E-state index contributed by atoms with van der Waals surface area (Å²) in [5.41, 5.74) is 4.62.